The van der Waals surface area contributed by atoms with Gasteiger partial charge < -0.3 is 14.5 Å². The number of halogens is 2. The van der Waals surface area contributed by atoms with Gasteiger partial charge in [-0.2, -0.15) is 0 Å². The molecule has 8 heteroatoms. The van der Waals surface area contributed by atoms with Gasteiger partial charge in [0, 0.05) is 43.6 Å². The molecule has 0 radical (unpaired) electrons. The number of amides is 1. The van der Waals surface area contributed by atoms with Crippen LogP contribution in [0.3, 0.4) is 0 Å². The van der Waals surface area contributed by atoms with E-state index < -0.39 is 0 Å². The zero-order valence-corrected chi connectivity index (χ0v) is 18.1. The maximum atomic E-state index is 13.7. The van der Waals surface area contributed by atoms with Crippen molar-refractivity contribution in [3.8, 4) is 0 Å². The van der Waals surface area contributed by atoms with Gasteiger partial charge >= 0.3 is 0 Å². The molecule has 2 aromatic carbocycles. The highest BCUT2D eigenvalue weighted by molar-refractivity contribution is 5.94. The fraction of sp³-hybridized carbons (Fsp3) is 0.320. The summed E-state index contributed by atoms with van der Waals surface area (Å²) in [7, 11) is 0. The number of hydrogen-bond acceptors (Lipinski definition) is 5. The summed E-state index contributed by atoms with van der Waals surface area (Å²) in [6.07, 6.45) is 1.03. The molecule has 0 atom stereocenters. The molecule has 2 aliphatic rings. The molecule has 2 aliphatic heterocycles. The van der Waals surface area contributed by atoms with Crippen molar-refractivity contribution in [1.29, 1.82) is 0 Å². The van der Waals surface area contributed by atoms with Crippen LogP contribution in [-0.2, 0) is 24.1 Å². The van der Waals surface area contributed by atoms with Gasteiger partial charge in [-0.3, -0.25) is 4.79 Å². The molecule has 3 heterocycles. The number of benzene rings is 2. The standard InChI is InChI=1S/C25H24F2N4O2/c26-19-6-4-18(5-7-19)25(32)31-9-8-22-21(16-31)24(30-10-12-33-13-11-30)29-23(28-22)15-17-2-1-3-20(27)14-17/h1-7,14H,8-13,15-16H2. The van der Waals surface area contributed by atoms with Crippen molar-refractivity contribution in [2.45, 2.75) is 19.4 Å². The molecule has 0 aliphatic carbocycles. The largest absolute Gasteiger partial charge is 0.378 e. The van der Waals surface area contributed by atoms with Crippen molar-refractivity contribution in [3.05, 3.63) is 88.4 Å². The SMILES string of the molecule is O=C(c1ccc(F)cc1)N1CCc2nc(Cc3cccc(F)c3)nc(N3CCOCC3)c2C1. The number of hydrogen-bond donors (Lipinski definition) is 0. The van der Waals surface area contributed by atoms with Crippen LogP contribution in [0.4, 0.5) is 14.6 Å². The first kappa shape index (κ1) is 21.5. The van der Waals surface area contributed by atoms with Gasteiger partial charge in [-0.15, -0.1) is 0 Å². The van der Waals surface area contributed by atoms with Crippen molar-refractivity contribution in [2.24, 2.45) is 0 Å². The van der Waals surface area contributed by atoms with Crippen LogP contribution in [0.1, 0.15) is 33.0 Å². The Balaban J connectivity index is 1.46. The Bertz CT molecular complexity index is 1160. The Morgan fingerprint density at radius 1 is 0.970 bits per heavy atom. The van der Waals surface area contributed by atoms with Crippen LogP contribution in [0, 0.1) is 11.6 Å². The Morgan fingerprint density at radius 2 is 1.76 bits per heavy atom. The van der Waals surface area contributed by atoms with Crippen LogP contribution in [0.2, 0.25) is 0 Å². The minimum atomic E-state index is -0.371. The molecule has 0 spiro atoms. The first-order valence-electron chi connectivity index (χ1n) is 11.1. The van der Waals surface area contributed by atoms with Gasteiger partial charge in [-0.1, -0.05) is 12.1 Å². The molecule has 0 unspecified atom stereocenters. The zero-order valence-electron chi connectivity index (χ0n) is 18.1. The van der Waals surface area contributed by atoms with Crippen LogP contribution >= 0.6 is 0 Å². The van der Waals surface area contributed by atoms with Crippen LogP contribution in [0.25, 0.3) is 0 Å². The maximum absolute atomic E-state index is 13.7. The van der Waals surface area contributed by atoms with E-state index in [1.807, 2.05) is 6.07 Å². The first-order valence-corrected chi connectivity index (χ1v) is 11.1. The smallest absolute Gasteiger partial charge is 0.254 e. The summed E-state index contributed by atoms with van der Waals surface area (Å²) in [5.74, 6) is 0.654. The Morgan fingerprint density at radius 3 is 2.52 bits per heavy atom. The highest BCUT2D eigenvalue weighted by Crippen LogP contribution is 2.29. The van der Waals surface area contributed by atoms with E-state index in [0.717, 1.165) is 22.6 Å². The van der Waals surface area contributed by atoms with Gasteiger partial charge in [-0.05, 0) is 42.0 Å². The molecular formula is C25H24F2N4O2. The fourth-order valence-corrected chi connectivity index (χ4v) is 4.34. The molecule has 1 aromatic heterocycles. The van der Waals surface area contributed by atoms with E-state index in [2.05, 4.69) is 4.90 Å². The highest BCUT2D eigenvalue weighted by Gasteiger charge is 2.29. The third kappa shape index (κ3) is 4.71. The third-order valence-corrected chi connectivity index (χ3v) is 6.03. The van der Waals surface area contributed by atoms with Gasteiger partial charge in [0.2, 0.25) is 0 Å². The highest BCUT2D eigenvalue weighted by atomic mass is 19.1. The number of aromatic nitrogens is 2. The second kappa shape index (κ2) is 9.23. The monoisotopic (exact) mass is 450 g/mol. The molecule has 0 N–H and O–H groups in total. The molecule has 0 bridgehead atoms. The number of ether oxygens (including phenoxy) is 1. The lowest BCUT2D eigenvalue weighted by Gasteiger charge is -2.34. The van der Waals surface area contributed by atoms with E-state index in [9.17, 15) is 13.6 Å². The molecule has 5 rings (SSSR count). The number of morpholine rings is 1. The predicted molar refractivity (Wildman–Crippen MR) is 119 cm³/mol. The molecule has 3 aromatic rings. The quantitative estimate of drug-likeness (QED) is 0.610. The van der Waals surface area contributed by atoms with E-state index in [-0.39, 0.29) is 17.5 Å². The van der Waals surface area contributed by atoms with Gasteiger partial charge in [0.15, 0.2) is 0 Å². The summed E-state index contributed by atoms with van der Waals surface area (Å²) in [5.41, 5.74) is 3.12. The van der Waals surface area contributed by atoms with Gasteiger partial charge in [0.05, 0.1) is 25.5 Å². The molecule has 6 nitrogen and oxygen atoms in total. The van der Waals surface area contributed by atoms with Crippen molar-refractivity contribution < 1.29 is 18.3 Å². The summed E-state index contributed by atoms with van der Waals surface area (Å²) < 4.78 is 32.5. The molecule has 1 saturated heterocycles. The second-order valence-electron chi connectivity index (χ2n) is 8.28. The predicted octanol–water partition coefficient (Wildman–Crippen LogP) is 3.38. The lowest BCUT2D eigenvalue weighted by Crippen LogP contribution is -2.41. The number of carbonyl (C=O) groups excluding carboxylic acids is 1. The van der Waals surface area contributed by atoms with E-state index in [1.54, 1.807) is 11.0 Å². The van der Waals surface area contributed by atoms with Crippen LogP contribution in [0.5, 0.6) is 0 Å². The third-order valence-electron chi connectivity index (χ3n) is 6.03. The Hall–Kier alpha value is -3.39. The number of carbonyl (C=O) groups is 1. The average molecular weight is 450 g/mol. The molecule has 33 heavy (non-hydrogen) atoms. The molecule has 0 saturated carbocycles. The molecule has 170 valence electrons. The van der Waals surface area contributed by atoms with Gasteiger partial charge in [-0.25, -0.2) is 18.7 Å². The van der Waals surface area contributed by atoms with Crippen LogP contribution in [-0.4, -0.2) is 53.6 Å². The lowest BCUT2D eigenvalue weighted by molar-refractivity contribution is 0.0732. The van der Waals surface area contributed by atoms with E-state index in [0.29, 0.717) is 63.6 Å². The van der Waals surface area contributed by atoms with E-state index in [1.165, 1.54) is 36.4 Å². The van der Waals surface area contributed by atoms with Gasteiger partial charge in [0.25, 0.3) is 5.91 Å². The van der Waals surface area contributed by atoms with Crippen molar-refractivity contribution in [1.82, 2.24) is 14.9 Å². The van der Waals surface area contributed by atoms with Crippen LogP contribution in [0.15, 0.2) is 48.5 Å². The van der Waals surface area contributed by atoms with Gasteiger partial charge in [0.1, 0.15) is 23.3 Å². The summed E-state index contributed by atoms with van der Waals surface area (Å²) in [4.78, 5) is 26.6. The van der Waals surface area contributed by atoms with Crippen molar-refractivity contribution in [2.75, 3.05) is 37.7 Å². The maximum Gasteiger partial charge on any atom is 0.254 e. The fourth-order valence-electron chi connectivity index (χ4n) is 4.34. The molecule has 1 amide bonds. The van der Waals surface area contributed by atoms with E-state index in [4.69, 9.17) is 14.7 Å². The number of nitrogens with zero attached hydrogens (tertiary/aromatic N) is 4. The minimum Gasteiger partial charge on any atom is -0.378 e. The second-order valence-corrected chi connectivity index (χ2v) is 8.28. The molecule has 1 fully saturated rings. The van der Waals surface area contributed by atoms with Crippen molar-refractivity contribution >= 4 is 11.7 Å². The summed E-state index contributed by atoms with van der Waals surface area (Å²) in [6.45, 7) is 3.52. The topological polar surface area (TPSA) is 58.6 Å². The Kier molecular flexibility index (Phi) is 6.00. The lowest BCUT2D eigenvalue weighted by atomic mass is 10.0. The normalized spacial score (nSPS) is 15.9. The number of rotatable bonds is 4. The summed E-state index contributed by atoms with van der Waals surface area (Å²) in [5, 5.41) is 0. The Labute approximate surface area is 190 Å². The molecular weight excluding hydrogens is 426 g/mol. The van der Waals surface area contributed by atoms with Crippen LogP contribution < -0.4 is 4.90 Å². The van der Waals surface area contributed by atoms with E-state index >= 15 is 0 Å². The minimum absolute atomic E-state index is 0.141. The number of anilines is 1. The average Bonchev–Trinajstić information content (AvgIpc) is 2.84. The summed E-state index contributed by atoms with van der Waals surface area (Å²) >= 11 is 0. The number of fused-ring (bicyclic) bond motifs is 1. The van der Waals surface area contributed by atoms with Crippen molar-refractivity contribution in [3.63, 3.8) is 0 Å². The first-order chi connectivity index (χ1) is 16.1. The summed E-state index contributed by atoms with van der Waals surface area (Å²) in [6, 6.07) is 12.1. The zero-order chi connectivity index (χ0) is 22.8.